The molecule has 88 valence electrons. The van der Waals surface area contributed by atoms with E-state index in [9.17, 15) is 4.79 Å². The van der Waals surface area contributed by atoms with Gasteiger partial charge in [0.25, 0.3) is 5.91 Å². The molecule has 0 heterocycles. The Morgan fingerprint density at radius 2 is 2.12 bits per heavy atom. The number of halogens is 1. The van der Waals surface area contributed by atoms with E-state index >= 15 is 0 Å². The molecule has 0 saturated carbocycles. The maximum Gasteiger partial charge on any atom is 0.252 e. The van der Waals surface area contributed by atoms with Crippen molar-refractivity contribution in [2.75, 3.05) is 26.1 Å². The van der Waals surface area contributed by atoms with Gasteiger partial charge in [0.05, 0.1) is 17.2 Å². The van der Waals surface area contributed by atoms with Crippen molar-refractivity contribution in [3.8, 4) is 5.75 Å². The summed E-state index contributed by atoms with van der Waals surface area (Å²) in [4.78, 5) is 11.2. The molecule has 1 amide bonds. The number of primary amides is 1. The van der Waals surface area contributed by atoms with Gasteiger partial charge in [-0.2, -0.15) is 0 Å². The van der Waals surface area contributed by atoms with E-state index in [-0.39, 0.29) is 22.9 Å². The van der Waals surface area contributed by atoms with Crippen LogP contribution in [0.2, 0.25) is 5.02 Å². The molecule has 4 N–H and O–H groups in total. The number of methoxy groups -OCH3 is 1. The van der Waals surface area contributed by atoms with E-state index in [1.54, 1.807) is 7.11 Å². The average Bonchev–Trinajstić information content (AvgIpc) is 2.20. The Kier molecular flexibility index (Phi) is 4.39. The van der Waals surface area contributed by atoms with E-state index in [1.165, 1.54) is 12.1 Å². The number of benzene rings is 1. The predicted molar refractivity (Wildman–Crippen MR) is 61.8 cm³/mol. The topological polar surface area (TPSA) is 87.6 Å². The Bertz CT molecular complexity index is 396. The molecule has 0 radical (unpaired) electrons. The van der Waals surface area contributed by atoms with Crippen molar-refractivity contribution >= 4 is 23.2 Å². The molecule has 5 nitrogen and oxygen atoms in total. The summed E-state index contributed by atoms with van der Waals surface area (Å²) in [6.45, 7) is 0.666. The van der Waals surface area contributed by atoms with E-state index in [1.807, 2.05) is 0 Å². The first-order valence-electron chi connectivity index (χ1n) is 4.56. The van der Waals surface area contributed by atoms with Crippen LogP contribution in [0, 0.1) is 0 Å². The van der Waals surface area contributed by atoms with E-state index in [4.69, 9.17) is 32.5 Å². The van der Waals surface area contributed by atoms with Gasteiger partial charge in [0.15, 0.2) is 5.75 Å². The van der Waals surface area contributed by atoms with Crippen LogP contribution >= 0.6 is 11.6 Å². The molecule has 1 aromatic rings. The average molecular weight is 245 g/mol. The molecule has 6 heteroatoms. The van der Waals surface area contributed by atoms with Crippen LogP contribution in [0.5, 0.6) is 5.75 Å². The molecule has 0 aliphatic rings. The highest BCUT2D eigenvalue weighted by molar-refractivity contribution is 6.33. The first kappa shape index (κ1) is 12.6. The molecule has 0 aromatic heterocycles. The molecule has 0 saturated heterocycles. The van der Waals surface area contributed by atoms with Crippen molar-refractivity contribution in [2.45, 2.75) is 0 Å². The summed E-state index contributed by atoms with van der Waals surface area (Å²) in [6, 6.07) is 2.92. The number of anilines is 1. The van der Waals surface area contributed by atoms with Gasteiger partial charge in [-0.1, -0.05) is 11.6 Å². The van der Waals surface area contributed by atoms with Crippen molar-refractivity contribution in [3.05, 3.63) is 22.7 Å². The Hall–Kier alpha value is -1.46. The monoisotopic (exact) mass is 244 g/mol. The van der Waals surface area contributed by atoms with Crippen LogP contribution in [0.3, 0.4) is 0 Å². The van der Waals surface area contributed by atoms with Gasteiger partial charge in [-0.25, -0.2) is 0 Å². The molecule has 0 atom stereocenters. The molecule has 1 rings (SSSR count). The van der Waals surface area contributed by atoms with Gasteiger partial charge < -0.3 is 20.9 Å². The molecule has 0 bridgehead atoms. The lowest BCUT2D eigenvalue weighted by molar-refractivity contribution is 0.0992. The summed E-state index contributed by atoms with van der Waals surface area (Å²) in [6.07, 6.45) is 0. The third kappa shape index (κ3) is 3.01. The maximum absolute atomic E-state index is 11.2. The number of nitrogens with two attached hydrogens (primary N) is 2. The van der Waals surface area contributed by atoms with Crippen molar-refractivity contribution < 1.29 is 14.3 Å². The number of ether oxygens (including phenoxy) is 2. The third-order valence-corrected chi connectivity index (χ3v) is 2.15. The minimum Gasteiger partial charge on any atom is -0.489 e. The minimum atomic E-state index is -0.637. The fraction of sp³-hybridized carbons (Fsp3) is 0.300. The summed E-state index contributed by atoms with van der Waals surface area (Å²) < 4.78 is 10.1. The quantitative estimate of drug-likeness (QED) is 0.599. The molecule has 16 heavy (non-hydrogen) atoms. The second kappa shape index (κ2) is 5.58. The Balaban J connectivity index is 2.99. The van der Waals surface area contributed by atoms with Crippen LogP contribution in [0.4, 0.5) is 5.69 Å². The molecule has 0 fully saturated rings. The zero-order valence-corrected chi connectivity index (χ0v) is 9.58. The smallest absolute Gasteiger partial charge is 0.252 e. The normalized spacial score (nSPS) is 10.1. The molecule has 0 spiro atoms. The fourth-order valence-corrected chi connectivity index (χ4v) is 1.45. The maximum atomic E-state index is 11.2. The summed E-state index contributed by atoms with van der Waals surface area (Å²) in [5, 5.41) is 0.255. The van der Waals surface area contributed by atoms with Crippen LogP contribution in [0.1, 0.15) is 10.4 Å². The zero-order chi connectivity index (χ0) is 12.1. The first-order valence-corrected chi connectivity index (χ1v) is 4.94. The van der Waals surface area contributed by atoms with Crippen molar-refractivity contribution in [2.24, 2.45) is 5.73 Å². The molecule has 0 aliphatic carbocycles. The van der Waals surface area contributed by atoms with E-state index in [2.05, 4.69) is 0 Å². The molecular formula is C10H13ClN2O3. The Morgan fingerprint density at radius 1 is 1.44 bits per heavy atom. The predicted octanol–water partition coefficient (Wildman–Crippen LogP) is 1.05. The lowest BCUT2D eigenvalue weighted by atomic mass is 10.1. The summed E-state index contributed by atoms with van der Waals surface area (Å²) >= 11 is 5.90. The molecule has 0 aliphatic heterocycles. The van der Waals surface area contributed by atoms with Gasteiger partial charge >= 0.3 is 0 Å². The van der Waals surface area contributed by atoms with Gasteiger partial charge in [-0.3, -0.25) is 4.79 Å². The standard InChI is InChI=1S/C10H13ClN2O3/c1-15-2-3-16-9-7(10(13)14)4-6(12)5-8(9)11/h4-5H,2-3,12H2,1H3,(H2,13,14). The van der Waals surface area contributed by atoms with E-state index in [0.717, 1.165) is 0 Å². The Labute approximate surface area is 98.3 Å². The van der Waals surface area contributed by atoms with Gasteiger partial charge in [-0.15, -0.1) is 0 Å². The van der Waals surface area contributed by atoms with E-state index in [0.29, 0.717) is 12.3 Å². The van der Waals surface area contributed by atoms with Crippen molar-refractivity contribution in [1.82, 2.24) is 0 Å². The Morgan fingerprint density at radius 3 is 2.69 bits per heavy atom. The van der Waals surface area contributed by atoms with Gasteiger partial charge in [0.1, 0.15) is 6.61 Å². The largest absolute Gasteiger partial charge is 0.489 e. The summed E-state index contributed by atoms with van der Waals surface area (Å²) in [5.74, 6) is -0.401. The lowest BCUT2D eigenvalue weighted by Gasteiger charge is -2.11. The number of carbonyl (C=O) groups excluding carboxylic acids is 1. The van der Waals surface area contributed by atoms with E-state index < -0.39 is 5.91 Å². The molecular weight excluding hydrogens is 232 g/mol. The number of amides is 1. The number of carbonyl (C=O) groups is 1. The minimum absolute atomic E-state index is 0.168. The highest BCUT2D eigenvalue weighted by Crippen LogP contribution is 2.31. The SMILES string of the molecule is COCCOc1c(Cl)cc(N)cc1C(N)=O. The summed E-state index contributed by atoms with van der Waals surface area (Å²) in [7, 11) is 1.54. The van der Waals surface area contributed by atoms with Crippen LogP contribution in [0.25, 0.3) is 0 Å². The van der Waals surface area contributed by atoms with Crippen molar-refractivity contribution in [3.63, 3.8) is 0 Å². The number of hydrogen-bond acceptors (Lipinski definition) is 4. The van der Waals surface area contributed by atoms with Gasteiger partial charge in [0, 0.05) is 12.8 Å². The van der Waals surface area contributed by atoms with Crippen LogP contribution in [-0.2, 0) is 4.74 Å². The number of rotatable bonds is 5. The van der Waals surface area contributed by atoms with Crippen molar-refractivity contribution in [1.29, 1.82) is 0 Å². The second-order valence-electron chi connectivity index (χ2n) is 3.08. The third-order valence-electron chi connectivity index (χ3n) is 1.87. The molecule has 1 aromatic carbocycles. The number of hydrogen-bond donors (Lipinski definition) is 2. The molecule has 0 unspecified atom stereocenters. The van der Waals surface area contributed by atoms with Crippen LogP contribution in [0.15, 0.2) is 12.1 Å². The zero-order valence-electron chi connectivity index (χ0n) is 8.83. The number of nitrogen functional groups attached to an aromatic ring is 1. The first-order chi connectivity index (χ1) is 7.56. The van der Waals surface area contributed by atoms with Gasteiger partial charge in [-0.05, 0) is 12.1 Å². The highest BCUT2D eigenvalue weighted by atomic mass is 35.5. The highest BCUT2D eigenvalue weighted by Gasteiger charge is 2.14. The summed E-state index contributed by atoms with van der Waals surface area (Å²) in [5.41, 5.74) is 11.3. The lowest BCUT2D eigenvalue weighted by Crippen LogP contribution is -2.15. The fourth-order valence-electron chi connectivity index (χ4n) is 1.17. The van der Waals surface area contributed by atoms with Crippen LogP contribution < -0.4 is 16.2 Å². The van der Waals surface area contributed by atoms with Gasteiger partial charge in [0.2, 0.25) is 0 Å². The van der Waals surface area contributed by atoms with Crippen LogP contribution in [-0.4, -0.2) is 26.2 Å². The second-order valence-corrected chi connectivity index (χ2v) is 3.49.